The molecule has 2 amide bonds. The van der Waals surface area contributed by atoms with Crippen LogP contribution in [0.25, 0.3) is 10.8 Å². The zero-order valence-corrected chi connectivity index (χ0v) is 15.3. The van der Waals surface area contributed by atoms with Gasteiger partial charge in [-0.25, -0.2) is 5.10 Å². The maximum Gasteiger partial charge on any atom is 0.276 e. The van der Waals surface area contributed by atoms with Crippen molar-refractivity contribution >= 4 is 39.9 Å². The predicted octanol–water partition coefficient (Wildman–Crippen LogP) is 2.97. The van der Waals surface area contributed by atoms with Crippen LogP contribution in [0, 0.1) is 0 Å². The second-order valence-electron chi connectivity index (χ2n) is 5.85. The number of fused-ring (bicyclic) bond motifs is 1. The van der Waals surface area contributed by atoms with Crippen LogP contribution < -0.4 is 16.2 Å². The fraction of sp³-hybridized carbons (Fsp3) is 0.158. The summed E-state index contributed by atoms with van der Waals surface area (Å²) in [6.45, 7) is 2.51. The molecular weight excluding hydrogens is 368 g/mol. The zero-order valence-electron chi connectivity index (χ0n) is 14.5. The smallest absolute Gasteiger partial charge is 0.276 e. The van der Waals surface area contributed by atoms with Gasteiger partial charge in [-0.2, -0.15) is 5.10 Å². The van der Waals surface area contributed by atoms with Gasteiger partial charge in [-0.05, 0) is 30.7 Å². The first-order chi connectivity index (χ1) is 13.0. The summed E-state index contributed by atoms with van der Waals surface area (Å²) in [6, 6.07) is 11.3. The van der Waals surface area contributed by atoms with E-state index in [1.54, 1.807) is 36.4 Å². The van der Waals surface area contributed by atoms with Gasteiger partial charge in [0.25, 0.3) is 17.4 Å². The molecule has 2 aromatic carbocycles. The van der Waals surface area contributed by atoms with E-state index in [1.165, 1.54) is 6.07 Å². The molecule has 138 valence electrons. The molecule has 3 N–H and O–H groups in total. The summed E-state index contributed by atoms with van der Waals surface area (Å²) in [5.41, 5.74) is 0.462. The fourth-order valence-corrected chi connectivity index (χ4v) is 2.86. The SMILES string of the molecule is CCCNC(=O)c1ccc(NC(=O)c2n[nH]c(=O)c3ccccc23)cc1Cl. The number of carbonyl (C=O) groups is 2. The van der Waals surface area contributed by atoms with Gasteiger partial charge >= 0.3 is 0 Å². The number of aromatic amines is 1. The fourth-order valence-electron chi connectivity index (χ4n) is 2.59. The van der Waals surface area contributed by atoms with E-state index in [1.807, 2.05) is 6.92 Å². The Morgan fingerprint density at radius 2 is 1.85 bits per heavy atom. The van der Waals surface area contributed by atoms with Gasteiger partial charge in [0.2, 0.25) is 0 Å². The van der Waals surface area contributed by atoms with Crippen LogP contribution in [-0.4, -0.2) is 28.6 Å². The highest BCUT2D eigenvalue weighted by Crippen LogP contribution is 2.22. The van der Waals surface area contributed by atoms with Crippen molar-refractivity contribution in [1.29, 1.82) is 0 Å². The molecular formula is C19H17ClN4O3. The van der Waals surface area contributed by atoms with Crippen molar-refractivity contribution < 1.29 is 9.59 Å². The third-order valence-electron chi connectivity index (χ3n) is 3.92. The first kappa shape index (κ1) is 18.6. The van der Waals surface area contributed by atoms with Crippen molar-refractivity contribution in [2.45, 2.75) is 13.3 Å². The second-order valence-corrected chi connectivity index (χ2v) is 6.26. The lowest BCUT2D eigenvalue weighted by Crippen LogP contribution is -2.24. The third kappa shape index (κ3) is 3.98. The number of rotatable bonds is 5. The normalized spacial score (nSPS) is 10.6. The van der Waals surface area contributed by atoms with E-state index in [0.717, 1.165) is 6.42 Å². The highest BCUT2D eigenvalue weighted by Gasteiger charge is 2.16. The van der Waals surface area contributed by atoms with Gasteiger partial charge in [-0.1, -0.05) is 36.7 Å². The Bertz CT molecular complexity index is 1080. The number of benzene rings is 2. The molecule has 8 heteroatoms. The van der Waals surface area contributed by atoms with E-state index in [0.29, 0.717) is 28.6 Å². The lowest BCUT2D eigenvalue weighted by molar-refractivity contribution is 0.0953. The number of anilines is 1. The minimum Gasteiger partial charge on any atom is -0.352 e. The van der Waals surface area contributed by atoms with Crippen LogP contribution in [0.2, 0.25) is 5.02 Å². The number of nitrogens with zero attached hydrogens (tertiary/aromatic N) is 1. The van der Waals surface area contributed by atoms with Gasteiger partial charge in [-0.15, -0.1) is 0 Å². The van der Waals surface area contributed by atoms with Crippen LogP contribution in [0.4, 0.5) is 5.69 Å². The molecule has 27 heavy (non-hydrogen) atoms. The van der Waals surface area contributed by atoms with Crippen LogP contribution in [0.5, 0.6) is 0 Å². The molecule has 0 bridgehead atoms. The molecule has 3 aromatic rings. The van der Waals surface area contributed by atoms with Crippen LogP contribution >= 0.6 is 11.6 Å². The monoisotopic (exact) mass is 384 g/mol. The molecule has 0 saturated carbocycles. The average Bonchev–Trinajstić information content (AvgIpc) is 2.66. The Morgan fingerprint density at radius 1 is 1.11 bits per heavy atom. The van der Waals surface area contributed by atoms with Crippen LogP contribution in [-0.2, 0) is 0 Å². The number of H-pyrrole nitrogens is 1. The Balaban J connectivity index is 1.85. The topological polar surface area (TPSA) is 104 Å². The Labute approximate surface area is 159 Å². The third-order valence-corrected chi connectivity index (χ3v) is 4.23. The van der Waals surface area contributed by atoms with Crippen LogP contribution in [0.3, 0.4) is 0 Å². The van der Waals surface area contributed by atoms with Crippen LogP contribution in [0.1, 0.15) is 34.2 Å². The van der Waals surface area contributed by atoms with E-state index in [2.05, 4.69) is 20.8 Å². The molecule has 0 aliphatic rings. The number of nitrogens with one attached hydrogen (secondary N) is 3. The standard InChI is InChI=1S/C19H17ClN4O3/c1-2-9-21-17(25)14-8-7-11(10-15(14)20)22-19(27)16-12-5-3-4-6-13(12)18(26)24-23-16/h3-8,10H,2,9H2,1H3,(H,21,25)(H,22,27)(H,24,26). The lowest BCUT2D eigenvalue weighted by atomic mass is 10.1. The minimum atomic E-state index is -0.498. The van der Waals surface area contributed by atoms with E-state index >= 15 is 0 Å². The molecule has 1 heterocycles. The first-order valence-corrected chi connectivity index (χ1v) is 8.75. The van der Waals surface area contributed by atoms with Gasteiger partial charge in [0.05, 0.1) is 16.0 Å². The number of hydrogen-bond acceptors (Lipinski definition) is 4. The molecule has 1 aromatic heterocycles. The van der Waals surface area contributed by atoms with Crippen molar-refractivity contribution in [1.82, 2.24) is 15.5 Å². The number of aromatic nitrogens is 2. The van der Waals surface area contributed by atoms with Gasteiger partial charge in [0.15, 0.2) is 5.69 Å². The van der Waals surface area contributed by atoms with Gasteiger partial charge in [-0.3, -0.25) is 14.4 Å². The van der Waals surface area contributed by atoms with E-state index in [9.17, 15) is 14.4 Å². The maximum absolute atomic E-state index is 12.6. The Morgan fingerprint density at radius 3 is 2.56 bits per heavy atom. The number of amides is 2. The zero-order chi connectivity index (χ0) is 19.4. The summed E-state index contributed by atoms with van der Waals surface area (Å²) in [7, 11) is 0. The molecule has 0 saturated heterocycles. The van der Waals surface area contributed by atoms with Crippen LogP contribution in [0.15, 0.2) is 47.3 Å². The Kier molecular flexibility index (Phi) is 5.52. The highest BCUT2D eigenvalue weighted by molar-refractivity contribution is 6.34. The summed E-state index contributed by atoms with van der Waals surface area (Å²) in [4.78, 5) is 36.5. The van der Waals surface area contributed by atoms with Gasteiger partial charge < -0.3 is 10.6 Å². The van der Waals surface area contributed by atoms with Crippen molar-refractivity contribution in [2.24, 2.45) is 0 Å². The number of hydrogen-bond donors (Lipinski definition) is 3. The molecule has 3 rings (SSSR count). The van der Waals surface area contributed by atoms with E-state index < -0.39 is 5.91 Å². The van der Waals surface area contributed by atoms with E-state index in [4.69, 9.17) is 11.6 Å². The number of halogens is 1. The predicted molar refractivity (Wildman–Crippen MR) is 104 cm³/mol. The van der Waals surface area contributed by atoms with Crippen molar-refractivity contribution in [3.63, 3.8) is 0 Å². The minimum absolute atomic E-state index is 0.0890. The highest BCUT2D eigenvalue weighted by atomic mass is 35.5. The molecule has 0 spiro atoms. The quantitative estimate of drug-likeness (QED) is 0.629. The lowest BCUT2D eigenvalue weighted by Gasteiger charge is -2.09. The first-order valence-electron chi connectivity index (χ1n) is 8.37. The summed E-state index contributed by atoms with van der Waals surface area (Å²) >= 11 is 6.17. The summed E-state index contributed by atoms with van der Waals surface area (Å²) < 4.78 is 0. The molecule has 0 fully saturated rings. The van der Waals surface area contributed by atoms with Gasteiger partial charge in [0.1, 0.15) is 0 Å². The summed E-state index contributed by atoms with van der Waals surface area (Å²) in [6.07, 6.45) is 0.817. The molecule has 0 atom stereocenters. The largest absolute Gasteiger partial charge is 0.352 e. The summed E-state index contributed by atoms with van der Waals surface area (Å²) in [5, 5.41) is 12.6. The second kappa shape index (κ2) is 8.01. The van der Waals surface area contributed by atoms with Gasteiger partial charge in [0, 0.05) is 17.6 Å². The molecule has 0 aliphatic heterocycles. The molecule has 0 aliphatic carbocycles. The maximum atomic E-state index is 12.6. The molecule has 7 nitrogen and oxygen atoms in total. The summed E-state index contributed by atoms with van der Waals surface area (Å²) in [5.74, 6) is -0.769. The van der Waals surface area contributed by atoms with Crippen molar-refractivity contribution in [2.75, 3.05) is 11.9 Å². The average molecular weight is 385 g/mol. The number of carbonyl (C=O) groups excluding carboxylic acids is 2. The van der Waals surface area contributed by atoms with E-state index in [-0.39, 0.29) is 22.2 Å². The molecule has 0 unspecified atom stereocenters. The Hall–Kier alpha value is -3.19. The van der Waals surface area contributed by atoms with Crippen molar-refractivity contribution in [3.8, 4) is 0 Å². The molecule has 0 radical (unpaired) electrons. The van der Waals surface area contributed by atoms with Crippen molar-refractivity contribution in [3.05, 3.63) is 69.1 Å².